The van der Waals surface area contributed by atoms with E-state index in [0.717, 1.165) is 12.8 Å². The van der Waals surface area contributed by atoms with Gasteiger partial charge in [0.25, 0.3) is 0 Å². The molecule has 1 aliphatic heterocycles. The summed E-state index contributed by atoms with van der Waals surface area (Å²) in [7, 11) is -3.55. The number of halogens is 1. The van der Waals surface area contributed by atoms with Crippen LogP contribution < -0.4 is 4.72 Å². The molecular formula is C12H18BrNO4S2. The highest BCUT2D eigenvalue weighted by molar-refractivity contribution is 9.11. The summed E-state index contributed by atoms with van der Waals surface area (Å²) in [5, 5.41) is 9.07. The molecule has 2 N–H and O–H groups in total. The van der Waals surface area contributed by atoms with Crippen LogP contribution in [0.1, 0.15) is 24.6 Å². The van der Waals surface area contributed by atoms with Crippen LogP contribution in [-0.2, 0) is 21.4 Å². The van der Waals surface area contributed by atoms with Crippen molar-refractivity contribution >= 4 is 37.3 Å². The Morgan fingerprint density at radius 1 is 1.60 bits per heavy atom. The van der Waals surface area contributed by atoms with Gasteiger partial charge in [0.2, 0.25) is 10.0 Å². The van der Waals surface area contributed by atoms with E-state index in [9.17, 15) is 8.42 Å². The molecule has 20 heavy (non-hydrogen) atoms. The first kappa shape index (κ1) is 16.4. The first-order valence-corrected chi connectivity index (χ1v) is 9.57. The fraction of sp³-hybridized carbons (Fsp3) is 0.667. The maximum absolute atomic E-state index is 12.3. The number of ether oxygens (including phenoxy) is 1. The van der Waals surface area contributed by atoms with Crippen LogP contribution in [0.25, 0.3) is 0 Å². The summed E-state index contributed by atoms with van der Waals surface area (Å²) >= 11 is 4.46. The van der Waals surface area contributed by atoms with Crippen molar-refractivity contribution in [2.75, 3.05) is 13.2 Å². The molecule has 0 spiro atoms. The molecule has 2 atom stereocenters. The molecule has 1 aliphatic rings. The lowest BCUT2D eigenvalue weighted by Gasteiger charge is -2.17. The second kappa shape index (κ2) is 6.85. The van der Waals surface area contributed by atoms with Crippen molar-refractivity contribution in [3.05, 3.63) is 14.7 Å². The minimum atomic E-state index is -3.55. The molecule has 0 aliphatic carbocycles. The fourth-order valence-corrected chi connectivity index (χ4v) is 5.97. The Labute approximate surface area is 131 Å². The predicted molar refractivity (Wildman–Crippen MR) is 81.3 cm³/mol. The van der Waals surface area contributed by atoms with Crippen LogP contribution in [0.4, 0.5) is 0 Å². The average molecular weight is 384 g/mol. The molecule has 0 saturated carbocycles. The van der Waals surface area contributed by atoms with E-state index >= 15 is 0 Å². The molecule has 8 heteroatoms. The van der Waals surface area contributed by atoms with Gasteiger partial charge in [-0.2, -0.15) is 0 Å². The predicted octanol–water partition coefficient (Wildman–Crippen LogP) is 2.10. The Balaban J connectivity index is 2.05. The van der Waals surface area contributed by atoms with Gasteiger partial charge in [0.05, 0.1) is 16.5 Å². The van der Waals surface area contributed by atoms with E-state index in [0.29, 0.717) is 21.8 Å². The van der Waals surface area contributed by atoms with E-state index in [1.54, 1.807) is 0 Å². The summed E-state index contributed by atoms with van der Waals surface area (Å²) < 4.78 is 33.3. The van der Waals surface area contributed by atoms with Gasteiger partial charge in [-0.15, -0.1) is 11.3 Å². The van der Waals surface area contributed by atoms with E-state index in [1.807, 2.05) is 6.92 Å². The highest BCUT2D eigenvalue weighted by Crippen LogP contribution is 2.32. The fourth-order valence-electron chi connectivity index (χ4n) is 2.33. The molecule has 0 amide bonds. The van der Waals surface area contributed by atoms with Crippen LogP contribution in [0.2, 0.25) is 0 Å². The third-order valence-corrected chi connectivity index (χ3v) is 7.10. The van der Waals surface area contributed by atoms with Gasteiger partial charge in [0, 0.05) is 23.9 Å². The zero-order valence-electron chi connectivity index (χ0n) is 11.1. The number of thiophene rings is 1. The summed E-state index contributed by atoms with van der Waals surface area (Å²) in [5.74, 6) is 0.226. The first-order chi connectivity index (χ1) is 9.47. The quantitative estimate of drug-likeness (QED) is 0.788. The topological polar surface area (TPSA) is 75.6 Å². The number of rotatable bonds is 6. The number of hydrogen-bond donors (Lipinski definition) is 2. The van der Waals surface area contributed by atoms with Gasteiger partial charge in [-0.1, -0.05) is 6.92 Å². The van der Waals surface area contributed by atoms with Crippen LogP contribution in [0, 0.1) is 5.92 Å². The smallest absolute Gasteiger partial charge is 0.242 e. The maximum atomic E-state index is 12.3. The number of aliphatic hydroxyl groups is 1. The van der Waals surface area contributed by atoms with E-state index in [2.05, 4.69) is 20.7 Å². The molecule has 2 rings (SSSR count). The van der Waals surface area contributed by atoms with Crippen molar-refractivity contribution in [2.24, 2.45) is 5.92 Å². The van der Waals surface area contributed by atoms with Crippen molar-refractivity contribution in [2.45, 2.75) is 37.4 Å². The van der Waals surface area contributed by atoms with Gasteiger partial charge in [0.15, 0.2) is 0 Å². The highest BCUT2D eigenvalue weighted by Gasteiger charge is 2.29. The standard InChI is InChI=1S/C12H18BrNO4S2/c1-2-10-8(3-4-18-10)6-14-20(16,17)11-5-9(7-15)19-12(11)13/h5,8,10,14-15H,2-4,6-7H2,1H3. The molecule has 5 nitrogen and oxygen atoms in total. The lowest BCUT2D eigenvalue weighted by Crippen LogP contribution is -2.32. The summed E-state index contributed by atoms with van der Waals surface area (Å²) in [6.45, 7) is 2.97. The van der Waals surface area contributed by atoms with Crippen LogP contribution >= 0.6 is 27.3 Å². The molecule has 2 unspecified atom stereocenters. The molecular weight excluding hydrogens is 366 g/mol. The molecule has 0 aromatic carbocycles. The van der Waals surface area contributed by atoms with Gasteiger partial charge < -0.3 is 9.84 Å². The first-order valence-electron chi connectivity index (χ1n) is 6.48. The van der Waals surface area contributed by atoms with Gasteiger partial charge >= 0.3 is 0 Å². The monoisotopic (exact) mass is 383 g/mol. The Kier molecular flexibility index (Phi) is 5.61. The Hall–Kier alpha value is 0.01000. The van der Waals surface area contributed by atoms with Crippen molar-refractivity contribution in [1.82, 2.24) is 4.72 Å². The molecule has 1 aromatic heterocycles. The summed E-state index contributed by atoms with van der Waals surface area (Å²) in [4.78, 5) is 0.811. The van der Waals surface area contributed by atoms with Crippen LogP contribution in [0.15, 0.2) is 14.7 Å². The Morgan fingerprint density at radius 3 is 2.95 bits per heavy atom. The number of aliphatic hydroxyl groups excluding tert-OH is 1. The highest BCUT2D eigenvalue weighted by atomic mass is 79.9. The lowest BCUT2D eigenvalue weighted by atomic mass is 10.0. The Bertz CT molecular complexity index is 558. The number of nitrogens with one attached hydrogen (secondary N) is 1. The zero-order chi connectivity index (χ0) is 14.8. The minimum absolute atomic E-state index is 0.136. The van der Waals surface area contributed by atoms with Crippen LogP contribution in [-0.4, -0.2) is 32.8 Å². The van der Waals surface area contributed by atoms with Crippen LogP contribution in [0.3, 0.4) is 0 Å². The van der Waals surface area contributed by atoms with E-state index < -0.39 is 10.0 Å². The second-order valence-electron chi connectivity index (χ2n) is 4.73. The second-order valence-corrected chi connectivity index (χ2v) is 8.92. The molecule has 2 heterocycles. The van der Waals surface area contributed by atoms with E-state index in [4.69, 9.17) is 9.84 Å². The normalized spacial score (nSPS) is 23.4. The molecule has 1 aromatic rings. The summed E-state index contributed by atoms with van der Waals surface area (Å²) in [6.07, 6.45) is 1.91. The van der Waals surface area contributed by atoms with Gasteiger partial charge in [-0.25, -0.2) is 13.1 Å². The molecule has 0 bridgehead atoms. The SMILES string of the molecule is CCC1OCCC1CNS(=O)(=O)c1cc(CO)sc1Br. The zero-order valence-corrected chi connectivity index (χ0v) is 14.4. The van der Waals surface area contributed by atoms with Gasteiger partial charge in [-0.05, 0) is 34.8 Å². The molecule has 1 saturated heterocycles. The average Bonchev–Trinajstić information content (AvgIpc) is 3.02. The van der Waals surface area contributed by atoms with Crippen molar-refractivity contribution in [3.8, 4) is 0 Å². The van der Waals surface area contributed by atoms with Crippen molar-refractivity contribution in [3.63, 3.8) is 0 Å². The number of hydrogen-bond acceptors (Lipinski definition) is 5. The summed E-state index contributed by atoms with van der Waals surface area (Å²) in [6, 6.07) is 1.50. The molecule has 114 valence electrons. The lowest BCUT2D eigenvalue weighted by molar-refractivity contribution is 0.0884. The summed E-state index contributed by atoms with van der Waals surface area (Å²) in [5.41, 5.74) is 0. The number of sulfonamides is 1. The van der Waals surface area contributed by atoms with E-state index in [-0.39, 0.29) is 23.5 Å². The van der Waals surface area contributed by atoms with Crippen molar-refractivity contribution < 1.29 is 18.3 Å². The molecule has 0 radical (unpaired) electrons. The minimum Gasteiger partial charge on any atom is -0.391 e. The molecule has 1 fully saturated rings. The third kappa shape index (κ3) is 3.61. The van der Waals surface area contributed by atoms with Crippen LogP contribution in [0.5, 0.6) is 0 Å². The largest absolute Gasteiger partial charge is 0.391 e. The van der Waals surface area contributed by atoms with Gasteiger partial charge in [-0.3, -0.25) is 0 Å². The maximum Gasteiger partial charge on any atom is 0.242 e. The Morgan fingerprint density at radius 2 is 2.35 bits per heavy atom. The van der Waals surface area contributed by atoms with Gasteiger partial charge in [0.1, 0.15) is 4.90 Å². The van der Waals surface area contributed by atoms with Crippen molar-refractivity contribution in [1.29, 1.82) is 0 Å². The van der Waals surface area contributed by atoms with E-state index in [1.165, 1.54) is 17.4 Å². The third-order valence-electron chi connectivity index (χ3n) is 3.44.